The van der Waals surface area contributed by atoms with Gasteiger partial charge in [-0.15, -0.1) is 0 Å². The van der Waals surface area contributed by atoms with E-state index in [1.165, 1.54) is 0 Å². The number of carbonyl (C=O) groups excluding carboxylic acids is 1. The van der Waals surface area contributed by atoms with Crippen LogP contribution in [0.2, 0.25) is 5.02 Å². The Bertz CT molecular complexity index is 377. The van der Waals surface area contributed by atoms with Crippen molar-refractivity contribution in [3.05, 3.63) is 34.1 Å². The summed E-state index contributed by atoms with van der Waals surface area (Å²) in [5, 5.41) is -0.373. The minimum Gasteiger partial charge on any atom is -0.294 e. The molecule has 0 fully saturated rings. The largest absolute Gasteiger partial charge is 0.294 e. The average Bonchev–Trinajstić information content (AvgIpc) is 2.02. The Morgan fingerprint density at radius 2 is 2.00 bits per heavy atom. The third kappa shape index (κ3) is 2.07. The lowest BCUT2D eigenvalue weighted by Crippen LogP contribution is -2.00. The van der Waals surface area contributed by atoms with E-state index in [4.69, 9.17) is 11.6 Å². The van der Waals surface area contributed by atoms with Crippen molar-refractivity contribution in [3.63, 3.8) is 0 Å². The van der Waals surface area contributed by atoms with Crippen molar-refractivity contribution in [1.82, 2.24) is 0 Å². The quantitative estimate of drug-likeness (QED) is 0.699. The summed E-state index contributed by atoms with van der Waals surface area (Å²) >= 11 is 5.37. The maximum Gasteiger partial charge on any atom is 0.265 e. The molecule has 0 heterocycles. The first-order chi connectivity index (χ1) is 6.43. The molecular formula is C9H6ClF3O. The van der Waals surface area contributed by atoms with Gasteiger partial charge in [-0.25, -0.2) is 13.2 Å². The summed E-state index contributed by atoms with van der Waals surface area (Å²) in [5.41, 5.74) is -0.900. The number of alkyl halides is 2. The molecule has 1 rings (SSSR count). The molecule has 1 aromatic rings. The zero-order chi connectivity index (χ0) is 10.9. The monoisotopic (exact) mass is 222 g/mol. The molecule has 0 aliphatic carbocycles. The van der Waals surface area contributed by atoms with E-state index in [2.05, 4.69) is 0 Å². The topological polar surface area (TPSA) is 17.1 Å². The predicted octanol–water partition coefficient (Wildman–Crippen LogP) is 3.62. The summed E-state index contributed by atoms with van der Waals surface area (Å²) in [5.74, 6) is -1.49. The number of benzene rings is 1. The van der Waals surface area contributed by atoms with Crippen molar-refractivity contribution < 1.29 is 18.0 Å². The highest BCUT2D eigenvalue weighted by Crippen LogP contribution is 2.29. The number of hydrogen-bond donors (Lipinski definition) is 0. The maximum atomic E-state index is 13.0. The first-order valence-corrected chi connectivity index (χ1v) is 4.09. The number of ketones is 1. The molecule has 0 bridgehead atoms. The second kappa shape index (κ2) is 4.00. The summed E-state index contributed by atoms with van der Waals surface area (Å²) in [6.45, 7) is 1.10. The van der Waals surface area contributed by atoms with E-state index in [1.807, 2.05) is 0 Å². The van der Waals surface area contributed by atoms with E-state index in [9.17, 15) is 18.0 Å². The van der Waals surface area contributed by atoms with Gasteiger partial charge in [-0.05, 0) is 19.1 Å². The third-order valence-electron chi connectivity index (χ3n) is 1.70. The fourth-order valence-corrected chi connectivity index (χ4v) is 1.24. The van der Waals surface area contributed by atoms with E-state index in [-0.39, 0.29) is 10.6 Å². The minimum atomic E-state index is -2.82. The highest BCUT2D eigenvalue weighted by molar-refractivity contribution is 6.31. The zero-order valence-electron chi connectivity index (χ0n) is 7.15. The molecule has 1 aromatic carbocycles. The van der Waals surface area contributed by atoms with Gasteiger partial charge in [0, 0.05) is 5.56 Å². The van der Waals surface area contributed by atoms with Crippen LogP contribution in [0.1, 0.15) is 29.3 Å². The molecule has 0 aliphatic heterocycles. The molecule has 0 aromatic heterocycles. The Morgan fingerprint density at radius 3 is 2.43 bits per heavy atom. The van der Waals surface area contributed by atoms with E-state index >= 15 is 0 Å². The standard InChI is InChI=1S/C9H6ClF3O/c1-4(14)5-2-6(9(12)13)7(10)3-8(5)11/h2-3,9H,1H3. The smallest absolute Gasteiger partial charge is 0.265 e. The van der Waals surface area contributed by atoms with Gasteiger partial charge in [0.25, 0.3) is 6.43 Å². The van der Waals surface area contributed by atoms with Crippen molar-refractivity contribution >= 4 is 17.4 Å². The molecule has 0 unspecified atom stereocenters. The van der Waals surface area contributed by atoms with E-state index in [0.29, 0.717) is 0 Å². The van der Waals surface area contributed by atoms with Crippen molar-refractivity contribution in [1.29, 1.82) is 0 Å². The van der Waals surface area contributed by atoms with E-state index in [1.54, 1.807) is 0 Å². The Kier molecular flexibility index (Phi) is 3.16. The zero-order valence-corrected chi connectivity index (χ0v) is 7.91. The summed E-state index contributed by atoms with van der Waals surface area (Å²) in [6.07, 6.45) is -2.82. The van der Waals surface area contributed by atoms with Gasteiger partial charge >= 0.3 is 0 Å². The average molecular weight is 223 g/mol. The fourth-order valence-electron chi connectivity index (χ4n) is 1.00. The Hall–Kier alpha value is -1.03. The van der Waals surface area contributed by atoms with Crippen LogP contribution in [0.5, 0.6) is 0 Å². The van der Waals surface area contributed by atoms with Crippen LogP contribution in [0.4, 0.5) is 13.2 Å². The van der Waals surface area contributed by atoms with E-state index < -0.39 is 23.6 Å². The fraction of sp³-hybridized carbons (Fsp3) is 0.222. The van der Waals surface area contributed by atoms with Crippen LogP contribution in [0.15, 0.2) is 12.1 Å². The molecule has 5 heteroatoms. The van der Waals surface area contributed by atoms with E-state index in [0.717, 1.165) is 19.1 Å². The molecule has 0 aliphatic rings. The number of halogens is 4. The van der Waals surface area contributed by atoms with Crippen molar-refractivity contribution in [2.45, 2.75) is 13.3 Å². The molecule has 0 spiro atoms. The minimum absolute atomic E-state index is 0.371. The Balaban J connectivity index is 3.34. The molecule has 0 atom stereocenters. The predicted molar refractivity (Wildman–Crippen MR) is 46.4 cm³/mol. The summed E-state index contributed by atoms with van der Waals surface area (Å²) in [7, 11) is 0. The first kappa shape index (κ1) is 11.0. The molecule has 76 valence electrons. The van der Waals surface area contributed by atoms with Crippen LogP contribution in [-0.2, 0) is 0 Å². The summed E-state index contributed by atoms with van der Waals surface area (Å²) < 4.78 is 37.6. The highest BCUT2D eigenvalue weighted by atomic mass is 35.5. The lowest BCUT2D eigenvalue weighted by Gasteiger charge is -2.05. The Labute approximate surface area is 83.5 Å². The molecule has 0 amide bonds. The van der Waals surface area contributed by atoms with Crippen LogP contribution in [-0.4, -0.2) is 5.78 Å². The summed E-state index contributed by atoms with van der Waals surface area (Å²) in [4.78, 5) is 10.8. The molecule has 1 nitrogen and oxygen atoms in total. The lowest BCUT2D eigenvalue weighted by molar-refractivity contribution is 0.101. The maximum absolute atomic E-state index is 13.0. The molecule has 0 N–H and O–H groups in total. The normalized spacial score (nSPS) is 10.7. The van der Waals surface area contributed by atoms with Crippen LogP contribution in [0.25, 0.3) is 0 Å². The van der Waals surface area contributed by atoms with Gasteiger partial charge in [0.1, 0.15) is 5.82 Å². The SMILES string of the molecule is CC(=O)c1cc(C(F)F)c(Cl)cc1F. The lowest BCUT2D eigenvalue weighted by atomic mass is 10.1. The van der Waals surface area contributed by atoms with Gasteiger partial charge in [-0.3, -0.25) is 4.79 Å². The van der Waals surface area contributed by atoms with Gasteiger partial charge in [0.05, 0.1) is 10.6 Å². The molecule has 0 saturated carbocycles. The van der Waals surface area contributed by atoms with Crippen LogP contribution in [0, 0.1) is 5.82 Å². The summed E-state index contributed by atoms with van der Waals surface area (Å²) in [6, 6.07) is 1.50. The van der Waals surface area contributed by atoms with Crippen LogP contribution in [0.3, 0.4) is 0 Å². The molecule has 0 saturated heterocycles. The number of carbonyl (C=O) groups is 1. The third-order valence-corrected chi connectivity index (χ3v) is 2.03. The first-order valence-electron chi connectivity index (χ1n) is 3.71. The van der Waals surface area contributed by atoms with Crippen molar-refractivity contribution in [2.75, 3.05) is 0 Å². The molecule has 14 heavy (non-hydrogen) atoms. The van der Waals surface area contributed by atoms with Crippen LogP contribution >= 0.6 is 11.6 Å². The van der Waals surface area contributed by atoms with Gasteiger partial charge in [0.2, 0.25) is 0 Å². The van der Waals surface area contributed by atoms with Gasteiger partial charge in [0.15, 0.2) is 5.78 Å². The molecule has 0 radical (unpaired) electrons. The van der Waals surface area contributed by atoms with Gasteiger partial charge in [-0.2, -0.15) is 0 Å². The number of Topliss-reactive ketones (excluding diaryl/α,β-unsaturated/α-hetero) is 1. The molecular weight excluding hydrogens is 217 g/mol. The van der Waals surface area contributed by atoms with Gasteiger partial charge < -0.3 is 0 Å². The van der Waals surface area contributed by atoms with Crippen molar-refractivity contribution in [3.8, 4) is 0 Å². The van der Waals surface area contributed by atoms with Crippen molar-refractivity contribution in [2.24, 2.45) is 0 Å². The highest BCUT2D eigenvalue weighted by Gasteiger charge is 2.17. The van der Waals surface area contributed by atoms with Gasteiger partial charge in [-0.1, -0.05) is 11.6 Å². The second-order valence-electron chi connectivity index (χ2n) is 2.71. The Morgan fingerprint density at radius 1 is 1.43 bits per heavy atom. The number of hydrogen-bond acceptors (Lipinski definition) is 1. The number of rotatable bonds is 2. The van der Waals surface area contributed by atoms with Crippen LogP contribution < -0.4 is 0 Å². The second-order valence-corrected chi connectivity index (χ2v) is 3.12.